The van der Waals surface area contributed by atoms with Crippen LogP contribution in [0.15, 0.2) is 0 Å². The van der Waals surface area contributed by atoms with E-state index < -0.39 is 5.50 Å². The van der Waals surface area contributed by atoms with Crippen molar-refractivity contribution >= 4 is 7.85 Å². The molecular weight excluding hydrogens is 283 g/mol. The largest absolute Gasteiger partial charge is 0.378 e. The van der Waals surface area contributed by atoms with Gasteiger partial charge in [0.1, 0.15) is 7.85 Å². The Bertz CT molecular complexity index is 349. The second-order valence-electron chi connectivity index (χ2n) is 6.70. The summed E-state index contributed by atoms with van der Waals surface area (Å²) in [6.07, 6.45) is 6.17. The quantitative estimate of drug-likeness (QED) is 0.744. The zero-order chi connectivity index (χ0) is 15.4. The summed E-state index contributed by atoms with van der Waals surface area (Å²) in [5.74, 6) is 0. The third-order valence-electron chi connectivity index (χ3n) is 4.63. The molecule has 3 aliphatic rings. The Labute approximate surface area is 134 Å². The van der Waals surface area contributed by atoms with Crippen LogP contribution in [0.4, 0.5) is 0 Å². The van der Waals surface area contributed by atoms with Crippen molar-refractivity contribution in [3.63, 3.8) is 0 Å². The number of hydrogen-bond acceptors (Lipinski definition) is 5. The van der Waals surface area contributed by atoms with E-state index in [1.807, 2.05) is 0 Å². The van der Waals surface area contributed by atoms with Gasteiger partial charge in [-0.1, -0.05) is 0 Å². The number of ether oxygens (including phenoxy) is 5. The summed E-state index contributed by atoms with van der Waals surface area (Å²) in [6, 6.07) is 0. The highest BCUT2D eigenvalue weighted by atomic mass is 16.7. The third-order valence-corrected chi connectivity index (χ3v) is 4.63. The van der Waals surface area contributed by atoms with Gasteiger partial charge in [0, 0.05) is 25.1 Å². The Hall–Kier alpha value is -0.135. The molecular formula is C16H27BO5. The predicted molar refractivity (Wildman–Crippen MR) is 81.7 cm³/mol. The summed E-state index contributed by atoms with van der Waals surface area (Å²) in [5, 5.41) is 0. The van der Waals surface area contributed by atoms with E-state index in [0.29, 0.717) is 19.4 Å². The fourth-order valence-corrected chi connectivity index (χ4v) is 3.36. The molecule has 6 heteroatoms. The third kappa shape index (κ3) is 4.68. The average Bonchev–Trinajstić information content (AvgIpc) is 2.48. The normalized spacial score (nSPS) is 43.9. The van der Waals surface area contributed by atoms with Crippen LogP contribution in [0.1, 0.15) is 51.9 Å². The highest BCUT2D eigenvalue weighted by Gasteiger charge is 2.38. The van der Waals surface area contributed by atoms with Crippen molar-refractivity contribution in [2.24, 2.45) is 0 Å². The molecule has 0 spiro atoms. The van der Waals surface area contributed by atoms with Crippen molar-refractivity contribution < 1.29 is 23.7 Å². The van der Waals surface area contributed by atoms with Crippen LogP contribution in [0.3, 0.4) is 0 Å². The van der Waals surface area contributed by atoms with Gasteiger partial charge >= 0.3 is 0 Å². The monoisotopic (exact) mass is 310 g/mol. The van der Waals surface area contributed by atoms with Crippen molar-refractivity contribution in [2.75, 3.05) is 19.8 Å². The molecule has 5 atom stereocenters. The topological polar surface area (TPSA) is 46.2 Å². The molecule has 22 heavy (non-hydrogen) atoms. The molecule has 0 aromatic carbocycles. The lowest BCUT2D eigenvalue weighted by Gasteiger charge is -2.42. The van der Waals surface area contributed by atoms with E-state index in [4.69, 9.17) is 31.5 Å². The molecule has 5 nitrogen and oxygen atoms in total. The molecule has 0 aliphatic carbocycles. The second-order valence-corrected chi connectivity index (χ2v) is 6.70. The fourth-order valence-electron chi connectivity index (χ4n) is 3.36. The summed E-state index contributed by atoms with van der Waals surface area (Å²) >= 11 is 0. The average molecular weight is 310 g/mol. The van der Waals surface area contributed by atoms with Crippen LogP contribution in [0.5, 0.6) is 0 Å². The van der Waals surface area contributed by atoms with Gasteiger partial charge in [0.25, 0.3) is 0 Å². The molecule has 124 valence electrons. The first-order valence-corrected chi connectivity index (χ1v) is 8.60. The van der Waals surface area contributed by atoms with Crippen molar-refractivity contribution in [3.05, 3.63) is 0 Å². The van der Waals surface area contributed by atoms with Gasteiger partial charge in [0.15, 0.2) is 12.6 Å². The van der Waals surface area contributed by atoms with E-state index in [1.165, 1.54) is 0 Å². The molecule has 5 unspecified atom stereocenters. The molecule has 0 bridgehead atoms. The maximum absolute atomic E-state index is 6.43. The van der Waals surface area contributed by atoms with E-state index in [-0.39, 0.29) is 24.8 Å². The van der Waals surface area contributed by atoms with E-state index in [1.54, 1.807) is 0 Å². The summed E-state index contributed by atoms with van der Waals surface area (Å²) in [7, 11) is 6.43. The second kappa shape index (κ2) is 7.62. The van der Waals surface area contributed by atoms with Gasteiger partial charge < -0.3 is 23.7 Å². The standard InChI is InChI=1S/C16H27BO5/c1-12-10-13(5-8-18-12)21-15-11-16(17,6-9-20-15)22-14-4-2-3-7-19-14/h12-15H,2-11H2,1H3. The van der Waals surface area contributed by atoms with E-state index in [0.717, 1.165) is 45.3 Å². The molecule has 0 aromatic rings. The lowest BCUT2D eigenvalue weighted by atomic mass is 9.74. The van der Waals surface area contributed by atoms with Crippen molar-refractivity contribution in [2.45, 2.75) is 82.2 Å². The maximum Gasteiger partial charge on any atom is 0.159 e. The minimum atomic E-state index is -0.707. The Kier molecular flexibility index (Phi) is 5.79. The molecule has 2 radical (unpaired) electrons. The molecule has 3 aliphatic heterocycles. The SMILES string of the molecule is [B]C1(OC2CCCCO2)CCOC(OC2CCOC(C)C2)C1. The Morgan fingerprint density at radius 2 is 1.86 bits per heavy atom. The Morgan fingerprint density at radius 3 is 2.64 bits per heavy atom. The smallest absolute Gasteiger partial charge is 0.159 e. The van der Waals surface area contributed by atoms with Gasteiger partial charge in [-0.3, -0.25) is 0 Å². The van der Waals surface area contributed by atoms with Crippen LogP contribution in [0.2, 0.25) is 0 Å². The molecule has 3 rings (SSSR count). The van der Waals surface area contributed by atoms with E-state index in [2.05, 4.69) is 6.92 Å². The van der Waals surface area contributed by atoms with Gasteiger partial charge in [0.05, 0.1) is 18.8 Å². The van der Waals surface area contributed by atoms with E-state index >= 15 is 0 Å². The highest BCUT2D eigenvalue weighted by Crippen LogP contribution is 2.31. The first kappa shape index (κ1) is 16.7. The summed E-state index contributed by atoms with van der Waals surface area (Å²) in [6.45, 7) is 4.15. The Morgan fingerprint density at radius 1 is 1.00 bits per heavy atom. The van der Waals surface area contributed by atoms with Crippen LogP contribution >= 0.6 is 0 Å². The molecule has 3 saturated heterocycles. The zero-order valence-electron chi connectivity index (χ0n) is 13.5. The lowest BCUT2D eigenvalue weighted by molar-refractivity contribution is -0.265. The van der Waals surface area contributed by atoms with Crippen LogP contribution < -0.4 is 0 Å². The van der Waals surface area contributed by atoms with Gasteiger partial charge in [-0.2, -0.15) is 0 Å². The Balaban J connectivity index is 1.49. The van der Waals surface area contributed by atoms with Crippen molar-refractivity contribution in [1.29, 1.82) is 0 Å². The lowest BCUT2D eigenvalue weighted by Crippen LogP contribution is -2.48. The van der Waals surface area contributed by atoms with Crippen molar-refractivity contribution in [1.82, 2.24) is 0 Å². The minimum absolute atomic E-state index is 0.180. The highest BCUT2D eigenvalue weighted by molar-refractivity contribution is 6.14. The number of rotatable bonds is 4. The van der Waals surface area contributed by atoms with Crippen molar-refractivity contribution in [3.8, 4) is 0 Å². The first-order valence-electron chi connectivity index (χ1n) is 8.60. The van der Waals surface area contributed by atoms with Crippen LogP contribution in [-0.2, 0) is 23.7 Å². The maximum atomic E-state index is 6.43. The molecule has 0 aromatic heterocycles. The summed E-state index contributed by atoms with van der Waals surface area (Å²) in [5.41, 5.74) is -0.707. The van der Waals surface area contributed by atoms with Crippen LogP contribution in [-0.4, -0.2) is 58.0 Å². The first-order chi connectivity index (χ1) is 10.6. The molecule has 3 fully saturated rings. The molecule has 3 heterocycles. The molecule has 0 N–H and O–H groups in total. The van der Waals surface area contributed by atoms with Crippen LogP contribution in [0, 0.1) is 0 Å². The number of hydrogen-bond donors (Lipinski definition) is 0. The molecule has 0 saturated carbocycles. The van der Waals surface area contributed by atoms with Gasteiger partial charge in [-0.25, -0.2) is 0 Å². The summed E-state index contributed by atoms with van der Waals surface area (Å²) < 4.78 is 29.0. The minimum Gasteiger partial charge on any atom is -0.378 e. The van der Waals surface area contributed by atoms with E-state index in [9.17, 15) is 0 Å². The summed E-state index contributed by atoms with van der Waals surface area (Å²) in [4.78, 5) is 0. The van der Waals surface area contributed by atoms with Gasteiger partial charge in [0.2, 0.25) is 0 Å². The predicted octanol–water partition coefficient (Wildman–Crippen LogP) is 2.11. The fraction of sp³-hybridized carbons (Fsp3) is 1.00. The van der Waals surface area contributed by atoms with Gasteiger partial charge in [-0.05, 0) is 45.4 Å². The zero-order valence-corrected chi connectivity index (χ0v) is 13.5. The molecule has 0 amide bonds. The van der Waals surface area contributed by atoms with Crippen LogP contribution in [0.25, 0.3) is 0 Å². The van der Waals surface area contributed by atoms with Gasteiger partial charge in [-0.15, -0.1) is 0 Å².